The molecule has 0 atom stereocenters. The van der Waals surface area contributed by atoms with Gasteiger partial charge in [-0.25, -0.2) is 4.98 Å². The van der Waals surface area contributed by atoms with Gasteiger partial charge < -0.3 is 9.15 Å². The summed E-state index contributed by atoms with van der Waals surface area (Å²) in [6, 6.07) is 20.0. The van der Waals surface area contributed by atoms with Crippen molar-refractivity contribution in [1.82, 2.24) is 9.66 Å². The van der Waals surface area contributed by atoms with Gasteiger partial charge in [-0.05, 0) is 78.6 Å². The largest absolute Gasteiger partial charge is 0.496 e. The van der Waals surface area contributed by atoms with Gasteiger partial charge in [0.1, 0.15) is 17.3 Å². The average Bonchev–Trinajstić information content (AvgIpc) is 3.36. The highest BCUT2D eigenvalue weighted by Crippen LogP contribution is 2.34. The maximum atomic E-state index is 13.6. The van der Waals surface area contributed by atoms with Crippen molar-refractivity contribution in [3.05, 3.63) is 104 Å². The van der Waals surface area contributed by atoms with Crippen LogP contribution in [0.15, 0.2) is 81.0 Å². The van der Waals surface area contributed by atoms with Gasteiger partial charge in [0.2, 0.25) is 0 Å². The van der Waals surface area contributed by atoms with Gasteiger partial charge in [0, 0.05) is 16.1 Å². The number of hydrogen-bond acceptors (Lipinski definition) is 5. The van der Waals surface area contributed by atoms with Gasteiger partial charge >= 0.3 is 0 Å². The first-order valence-electron chi connectivity index (χ1n) is 12.1. The molecule has 0 fully saturated rings. The van der Waals surface area contributed by atoms with Crippen LogP contribution in [0.1, 0.15) is 36.7 Å². The van der Waals surface area contributed by atoms with Crippen LogP contribution in [0.4, 0.5) is 0 Å². The number of rotatable bonds is 6. The number of methoxy groups -OCH3 is 1. The summed E-state index contributed by atoms with van der Waals surface area (Å²) in [5.74, 6) is 2.44. The normalized spacial score (nSPS) is 11.7. The van der Waals surface area contributed by atoms with Crippen molar-refractivity contribution in [3.63, 3.8) is 0 Å². The Hall–Kier alpha value is -3.87. The Balaban J connectivity index is 1.65. The van der Waals surface area contributed by atoms with Crippen LogP contribution in [0.2, 0.25) is 10.0 Å². The molecular weight excluding hydrogens is 521 g/mol. The van der Waals surface area contributed by atoms with E-state index in [0.29, 0.717) is 43.9 Å². The third-order valence-electron chi connectivity index (χ3n) is 6.32. The average molecular weight is 546 g/mol. The maximum absolute atomic E-state index is 13.6. The molecule has 0 spiro atoms. The third-order valence-corrected chi connectivity index (χ3v) is 6.87. The first kappa shape index (κ1) is 25.8. The molecule has 3 aromatic carbocycles. The zero-order valence-electron chi connectivity index (χ0n) is 21.3. The number of furan rings is 1. The third kappa shape index (κ3) is 4.85. The van der Waals surface area contributed by atoms with Crippen LogP contribution in [0, 0.1) is 6.92 Å². The Morgan fingerprint density at radius 2 is 1.82 bits per heavy atom. The Labute approximate surface area is 230 Å². The van der Waals surface area contributed by atoms with Crippen LogP contribution in [-0.4, -0.2) is 23.0 Å². The van der Waals surface area contributed by atoms with Crippen molar-refractivity contribution in [2.24, 2.45) is 5.10 Å². The zero-order valence-corrected chi connectivity index (χ0v) is 22.8. The summed E-state index contributed by atoms with van der Waals surface area (Å²) in [4.78, 5) is 18.5. The summed E-state index contributed by atoms with van der Waals surface area (Å²) in [6.07, 6.45) is 1.50. The summed E-state index contributed by atoms with van der Waals surface area (Å²) in [5.41, 5.74) is 3.74. The lowest BCUT2D eigenvalue weighted by Crippen LogP contribution is -2.20. The molecule has 0 saturated heterocycles. The van der Waals surface area contributed by atoms with Crippen molar-refractivity contribution in [3.8, 4) is 28.5 Å². The summed E-state index contributed by atoms with van der Waals surface area (Å²) in [7, 11) is 1.66. The summed E-state index contributed by atoms with van der Waals surface area (Å²) in [6.45, 7) is 6.15. The van der Waals surface area contributed by atoms with Gasteiger partial charge in [-0.15, -0.1) is 0 Å². The van der Waals surface area contributed by atoms with E-state index in [1.165, 1.54) is 10.9 Å². The number of para-hydroxylation sites is 1. The predicted molar refractivity (Wildman–Crippen MR) is 154 cm³/mol. The van der Waals surface area contributed by atoms with Crippen LogP contribution in [-0.2, 0) is 0 Å². The lowest BCUT2D eigenvalue weighted by molar-refractivity contribution is 0.407. The first-order valence-corrected chi connectivity index (χ1v) is 12.8. The summed E-state index contributed by atoms with van der Waals surface area (Å²) < 4.78 is 12.9. The minimum absolute atomic E-state index is 0.203. The second-order valence-corrected chi connectivity index (χ2v) is 10.0. The molecule has 2 aromatic heterocycles. The number of halogens is 2. The summed E-state index contributed by atoms with van der Waals surface area (Å²) >= 11 is 12.4. The molecule has 0 aliphatic rings. The van der Waals surface area contributed by atoms with Gasteiger partial charge in [0.15, 0.2) is 5.82 Å². The van der Waals surface area contributed by atoms with Crippen molar-refractivity contribution < 1.29 is 9.15 Å². The summed E-state index contributed by atoms with van der Waals surface area (Å²) in [5, 5.41) is 6.03. The van der Waals surface area contributed by atoms with Gasteiger partial charge in [0.25, 0.3) is 5.56 Å². The van der Waals surface area contributed by atoms with Crippen LogP contribution >= 0.6 is 23.2 Å². The Morgan fingerprint density at radius 1 is 1.03 bits per heavy atom. The molecule has 5 aromatic rings. The fourth-order valence-corrected chi connectivity index (χ4v) is 4.84. The molecule has 0 N–H and O–H groups in total. The molecule has 38 heavy (non-hydrogen) atoms. The highest BCUT2D eigenvalue weighted by molar-refractivity contribution is 6.36. The molecule has 0 aliphatic carbocycles. The monoisotopic (exact) mass is 545 g/mol. The molecule has 5 rings (SSSR count). The molecule has 0 unspecified atom stereocenters. The van der Waals surface area contributed by atoms with Gasteiger partial charge in [-0.2, -0.15) is 9.78 Å². The molecule has 2 heterocycles. The lowest BCUT2D eigenvalue weighted by atomic mass is 9.96. The highest BCUT2D eigenvalue weighted by Gasteiger charge is 2.18. The van der Waals surface area contributed by atoms with E-state index in [-0.39, 0.29) is 11.5 Å². The molecule has 6 nitrogen and oxygen atoms in total. The van der Waals surface area contributed by atoms with E-state index < -0.39 is 0 Å². The topological polar surface area (TPSA) is 69.6 Å². The van der Waals surface area contributed by atoms with E-state index in [4.69, 9.17) is 37.3 Å². The number of aryl methyl sites for hydroxylation is 1. The molecule has 0 saturated carbocycles. The van der Waals surface area contributed by atoms with Crippen molar-refractivity contribution >= 4 is 40.3 Å². The SMILES string of the molecule is COc1cc(C)c(-c2nc3ccccc3c(=O)n2N=Cc2ccc(-c3ccc(Cl)cc3Cl)o2)cc1C(C)C. The minimum Gasteiger partial charge on any atom is -0.496 e. The highest BCUT2D eigenvalue weighted by atomic mass is 35.5. The van der Waals surface area contributed by atoms with E-state index in [9.17, 15) is 4.79 Å². The number of hydrogen-bond donors (Lipinski definition) is 0. The number of nitrogens with zero attached hydrogens (tertiary/aromatic N) is 3. The van der Waals surface area contributed by atoms with Gasteiger partial charge in [0.05, 0.1) is 29.2 Å². The molecule has 192 valence electrons. The van der Waals surface area contributed by atoms with Crippen molar-refractivity contribution in [1.29, 1.82) is 0 Å². The second kappa shape index (κ2) is 10.5. The molecular formula is C30H25Cl2N3O3. The van der Waals surface area contributed by atoms with Crippen LogP contribution in [0.5, 0.6) is 5.75 Å². The van der Waals surface area contributed by atoms with Crippen molar-refractivity contribution in [2.45, 2.75) is 26.7 Å². The lowest BCUT2D eigenvalue weighted by Gasteiger charge is -2.17. The zero-order chi connectivity index (χ0) is 27.0. The van der Waals surface area contributed by atoms with Gasteiger partial charge in [-0.3, -0.25) is 4.79 Å². The fraction of sp³-hybridized carbons (Fsp3) is 0.167. The van der Waals surface area contributed by atoms with E-state index in [0.717, 1.165) is 22.4 Å². The quantitative estimate of drug-likeness (QED) is 0.203. The molecule has 0 bridgehead atoms. The molecule has 8 heteroatoms. The van der Waals surface area contributed by atoms with Crippen molar-refractivity contribution in [2.75, 3.05) is 7.11 Å². The Kier molecular flexibility index (Phi) is 7.11. The first-order chi connectivity index (χ1) is 18.3. The number of benzene rings is 3. The Morgan fingerprint density at radius 3 is 2.55 bits per heavy atom. The Bertz CT molecular complexity index is 1750. The smallest absolute Gasteiger partial charge is 0.282 e. The van der Waals surface area contributed by atoms with Gasteiger partial charge in [-0.1, -0.05) is 49.2 Å². The predicted octanol–water partition coefficient (Wildman–Crippen LogP) is 7.95. The molecule has 0 aliphatic heterocycles. The second-order valence-electron chi connectivity index (χ2n) is 9.20. The van der Waals surface area contributed by atoms with Crippen LogP contribution < -0.4 is 10.3 Å². The van der Waals surface area contributed by atoms with E-state index >= 15 is 0 Å². The molecule has 0 radical (unpaired) electrons. The standard InChI is InChI=1S/C30H25Cl2N3O3/c1-17(2)23-15-24(18(3)13-28(23)37-4)29-34-26-8-6-5-7-22(26)30(36)35(29)33-16-20-10-12-27(38-20)21-11-9-19(31)14-25(21)32/h5-17H,1-4H3. The maximum Gasteiger partial charge on any atom is 0.282 e. The van der Waals surface area contributed by atoms with E-state index in [2.05, 4.69) is 18.9 Å². The number of aromatic nitrogens is 2. The van der Waals surface area contributed by atoms with E-state index in [1.54, 1.807) is 43.5 Å². The minimum atomic E-state index is -0.282. The van der Waals surface area contributed by atoms with Crippen LogP contribution in [0.25, 0.3) is 33.6 Å². The fourth-order valence-electron chi connectivity index (χ4n) is 4.34. The molecule has 0 amide bonds. The van der Waals surface area contributed by atoms with Crippen LogP contribution in [0.3, 0.4) is 0 Å². The number of ether oxygens (including phenoxy) is 1. The van der Waals surface area contributed by atoms with E-state index in [1.807, 2.05) is 37.3 Å². The number of fused-ring (bicyclic) bond motifs is 1.